The summed E-state index contributed by atoms with van der Waals surface area (Å²) in [4.78, 5) is 11.1. The standard InChI is InChI=1S/C14H22N6O.2ClH/c1-2-13-16-5-7-20(13)11-4-3-6-19(9-11)10-12-17-14(8-15)21-18-12;;/h5,7,11H,2-4,6,8-10,15H2,1H3;2*1H. The summed E-state index contributed by atoms with van der Waals surface area (Å²) in [5.41, 5.74) is 5.49. The average Bonchev–Trinajstić information content (AvgIpc) is 3.15. The number of likely N-dealkylation sites (tertiary alicyclic amines) is 1. The first kappa shape index (κ1) is 19.9. The third-order valence-electron chi connectivity index (χ3n) is 3.99. The second-order valence-electron chi connectivity index (χ2n) is 5.44. The van der Waals surface area contributed by atoms with Crippen LogP contribution in [-0.4, -0.2) is 37.7 Å². The zero-order valence-corrected chi connectivity index (χ0v) is 14.9. The summed E-state index contributed by atoms with van der Waals surface area (Å²) in [5.74, 6) is 2.38. The third kappa shape index (κ3) is 4.67. The molecule has 1 aliphatic rings. The van der Waals surface area contributed by atoms with Crippen LogP contribution in [0.4, 0.5) is 0 Å². The summed E-state index contributed by atoms with van der Waals surface area (Å²) in [7, 11) is 0. The third-order valence-corrected chi connectivity index (χ3v) is 3.99. The fraction of sp³-hybridized carbons (Fsp3) is 0.643. The van der Waals surface area contributed by atoms with E-state index in [-0.39, 0.29) is 24.8 Å². The second-order valence-corrected chi connectivity index (χ2v) is 5.44. The van der Waals surface area contributed by atoms with Crippen LogP contribution < -0.4 is 5.73 Å². The molecule has 130 valence electrons. The quantitative estimate of drug-likeness (QED) is 0.874. The lowest BCUT2D eigenvalue weighted by Crippen LogP contribution is -2.36. The minimum absolute atomic E-state index is 0. The smallest absolute Gasteiger partial charge is 0.240 e. The number of hydrogen-bond donors (Lipinski definition) is 1. The number of hydrogen-bond acceptors (Lipinski definition) is 6. The number of imidazole rings is 1. The maximum Gasteiger partial charge on any atom is 0.240 e. The van der Waals surface area contributed by atoms with Gasteiger partial charge in [0, 0.05) is 31.4 Å². The molecule has 0 radical (unpaired) electrons. The highest BCUT2D eigenvalue weighted by Gasteiger charge is 2.23. The van der Waals surface area contributed by atoms with E-state index in [9.17, 15) is 0 Å². The van der Waals surface area contributed by atoms with Crippen molar-refractivity contribution < 1.29 is 4.52 Å². The Bertz CT molecular complexity index is 587. The van der Waals surface area contributed by atoms with Crippen molar-refractivity contribution in [2.75, 3.05) is 13.1 Å². The van der Waals surface area contributed by atoms with Crippen LogP contribution in [0.5, 0.6) is 0 Å². The van der Waals surface area contributed by atoms with Crippen molar-refractivity contribution in [2.45, 2.75) is 45.3 Å². The Balaban J connectivity index is 0.00000132. The van der Waals surface area contributed by atoms with Crippen LogP contribution in [0.25, 0.3) is 0 Å². The van der Waals surface area contributed by atoms with Crippen molar-refractivity contribution in [1.82, 2.24) is 24.6 Å². The average molecular weight is 363 g/mol. The molecule has 9 heteroatoms. The van der Waals surface area contributed by atoms with E-state index in [2.05, 4.69) is 37.7 Å². The molecule has 0 spiro atoms. The topological polar surface area (TPSA) is 86.0 Å². The number of rotatable bonds is 5. The van der Waals surface area contributed by atoms with E-state index >= 15 is 0 Å². The number of aryl methyl sites for hydroxylation is 1. The predicted octanol–water partition coefficient (Wildman–Crippen LogP) is 1.97. The summed E-state index contributed by atoms with van der Waals surface area (Å²) in [6.07, 6.45) is 7.32. The van der Waals surface area contributed by atoms with Crippen molar-refractivity contribution >= 4 is 24.8 Å². The number of aromatic nitrogens is 4. The van der Waals surface area contributed by atoms with Gasteiger partial charge in [0.2, 0.25) is 5.89 Å². The highest BCUT2D eigenvalue weighted by molar-refractivity contribution is 5.85. The van der Waals surface area contributed by atoms with Crippen LogP contribution in [0.1, 0.15) is 43.3 Å². The van der Waals surface area contributed by atoms with E-state index in [0.717, 1.165) is 37.7 Å². The summed E-state index contributed by atoms with van der Waals surface area (Å²) < 4.78 is 7.38. The molecule has 2 aromatic heterocycles. The van der Waals surface area contributed by atoms with Gasteiger partial charge in [0.25, 0.3) is 0 Å². The Labute approximate surface area is 148 Å². The normalized spacial score (nSPS) is 18.3. The molecule has 7 nitrogen and oxygen atoms in total. The lowest BCUT2D eigenvalue weighted by molar-refractivity contribution is 0.163. The summed E-state index contributed by atoms with van der Waals surface area (Å²) >= 11 is 0. The fourth-order valence-corrected chi connectivity index (χ4v) is 2.99. The Morgan fingerprint density at radius 1 is 1.39 bits per heavy atom. The van der Waals surface area contributed by atoms with E-state index < -0.39 is 0 Å². The zero-order valence-electron chi connectivity index (χ0n) is 13.2. The molecule has 2 aromatic rings. The van der Waals surface area contributed by atoms with Crippen LogP contribution in [0.2, 0.25) is 0 Å². The second kappa shape index (κ2) is 9.22. The van der Waals surface area contributed by atoms with Crippen LogP contribution in [0.3, 0.4) is 0 Å². The molecule has 3 heterocycles. The monoisotopic (exact) mass is 362 g/mol. The lowest BCUT2D eigenvalue weighted by atomic mass is 10.1. The van der Waals surface area contributed by atoms with Crippen molar-refractivity contribution in [1.29, 1.82) is 0 Å². The van der Waals surface area contributed by atoms with Gasteiger partial charge in [-0.3, -0.25) is 4.90 Å². The lowest BCUT2D eigenvalue weighted by Gasteiger charge is -2.33. The zero-order chi connectivity index (χ0) is 14.7. The van der Waals surface area contributed by atoms with Gasteiger partial charge in [-0.15, -0.1) is 24.8 Å². The molecule has 0 aromatic carbocycles. The van der Waals surface area contributed by atoms with Gasteiger partial charge < -0.3 is 14.8 Å². The molecule has 1 atom stereocenters. The maximum atomic E-state index is 5.49. The van der Waals surface area contributed by atoms with Gasteiger partial charge in [-0.05, 0) is 19.4 Å². The molecule has 1 aliphatic heterocycles. The van der Waals surface area contributed by atoms with Gasteiger partial charge in [-0.1, -0.05) is 12.1 Å². The van der Waals surface area contributed by atoms with Crippen molar-refractivity contribution in [3.8, 4) is 0 Å². The molecular weight excluding hydrogens is 339 g/mol. The fourth-order valence-electron chi connectivity index (χ4n) is 2.99. The minimum Gasteiger partial charge on any atom is -0.338 e. The van der Waals surface area contributed by atoms with E-state index in [1.165, 1.54) is 12.8 Å². The van der Waals surface area contributed by atoms with Gasteiger partial charge in [0.15, 0.2) is 5.82 Å². The molecule has 1 unspecified atom stereocenters. The van der Waals surface area contributed by atoms with Crippen molar-refractivity contribution in [3.05, 3.63) is 29.9 Å². The molecular formula is C14H24Cl2N6O. The van der Waals surface area contributed by atoms with Crippen LogP contribution in [-0.2, 0) is 19.5 Å². The Hall–Kier alpha value is -1.15. The summed E-state index contributed by atoms with van der Waals surface area (Å²) in [5, 5.41) is 3.98. The summed E-state index contributed by atoms with van der Waals surface area (Å²) in [6, 6.07) is 0.483. The summed E-state index contributed by atoms with van der Waals surface area (Å²) in [6.45, 7) is 5.22. The Kier molecular flexibility index (Phi) is 7.98. The first-order valence-electron chi connectivity index (χ1n) is 7.55. The number of piperidine rings is 1. The largest absolute Gasteiger partial charge is 0.338 e. The van der Waals surface area contributed by atoms with Gasteiger partial charge >= 0.3 is 0 Å². The molecule has 1 saturated heterocycles. The first-order chi connectivity index (χ1) is 10.3. The van der Waals surface area contributed by atoms with Crippen molar-refractivity contribution in [2.24, 2.45) is 5.73 Å². The van der Waals surface area contributed by atoms with Gasteiger partial charge in [0.1, 0.15) is 5.82 Å². The first-order valence-corrected chi connectivity index (χ1v) is 7.55. The van der Waals surface area contributed by atoms with E-state index in [0.29, 0.717) is 18.5 Å². The van der Waals surface area contributed by atoms with Crippen molar-refractivity contribution in [3.63, 3.8) is 0 Å². The van der Waals surface area contributed by atoms with Gasteiger partial charge in [0.05, 0.1) is 13.1 Å². The molecule has 1 fully saturated rings. The molecule has 0 aliphatic carbocycles. The van der Waals surface area contributed by atoms with Crippen LogP contribution in [0, 0.1) is 0 Å². The van der Waals surface area contributed by atoms with Crippen LogP contribution in [0.15, 0.2) is 16.9 Å². The molecule has 23 heavy (non-hydrogen) atoms. The number of nitrogens with zero attached hydrogens (tertiary/aromatic N) is 5. The SMILES string of the molecule is CCc1nccn1C1CCCN(Cc2noc(CN)n2)C1.Cl.Cl. The highest BCUT2D eigenvalue weighted by Crippen LogP contribution is 2.23. The predicted molar refractivity (Wildman–Crippen MR) is 91.8 cm³/mol. The van der Waals surface area contributed by atoms with E-state index in [1.807, 2.05) is 6.20 Å². The minimum atomic E-state index is 0. The van der Waals surface area contributed by atoms with Gasteiger partial charge in [-0.25, -0.2) is 4.98 Å². The molecule has 0 amide bonds. The molecule has 0 bridgehead atoms. The van der Waals surface area contributed by atoms with Gasteiger partial charge in [-0.2, -0.15) is 4.98 Å². The molecule has 0 saturated carbocycles. The number of halogens is 2. The Morgan fingerprint density at radius 2 is 2.22 bits per heavy atom. The molecule has 3 rings (SSSR count). The van der Waals surface area contributed by atoms with Crippen LogP contribution >= 0.6 is 24.8 Å². The molecule has 2 N–H and O–H groups in total. The Morgan fingerprint density at radius 3 is 2.91 bits per heavy atom. The van der Waals surface area contributed by atoms with E-state index in [1.54, 1.807) is 0 Å². The highest BCUT2D eigenvalue weighted by atomic mass is 35.5. The maximum absolute atomic E-state index is 5.49. The van der Waals surface area contributed by atoms with E-state index in [4.69, 9.17) is 10.3 Å². The number of nitrogens with two attached hydrogens (primary N) is 1.